The SMILES string of the molecule is CC(C)Cc1ccc(C(C)C(=O)O[C@H](C)[C@H](NC(=O)OCc2ccccc2)C(=O)OCc2ccccc2)cc1. The second kappa shape index (κ2) is 14.7. The average molecular weight is 532 g/mol. The fourth-order valence-corrected chi connectivity index (χ4v) is 3.98. The van der Waals surface area contributed by atoms with E-state index in [0.29, 0.717) is 5.92 Å². The largest absolute Gasteiger partial charge is 0.459 e. The van der Waals surface area contributed by atoms with Crippen molar-refractivity contribution < 1.29 is 28.6 Å². The number of amides is 1. The van der Waals surface area contributed by atoms with Crippen LogP contribution < -0.4 is 5.32 Å². The first-order valence-electron chi connectivity index (χ1n) is 13.2. The molecule has 0 fully saturated rings. The molecule has 206 valence electrons. The lowest BCUT2D eigenvalue weighted by Crippen LogP contribution is -2.50. The molecule has 7 nitrogen and oxygen atoms in total. The molecule has 7 heteroatoms. The monoisotopic (exact) mass is 531 g/mol. The Morgan fingerprint density at radius 3 is 1.74 bits per heavy atom. The molecule has 0 aromatic heterocycles. The molecule has 0 bridgehead atoms. The van der Waals surface area contributed by atoms with E-state index in [4.69, 9.17) is 14.2 Å². The Morgan fingerprint density at radius 1 is 0.667 bits per heavy atom. The molecule has 0 aliphatic carbocycles. The van der Waals surface area contributed by atoms with Crippen molar-refractivity contribution >= 4 is 18.0 Å². The van der Waals surface area contributed by atoms with Crippen molar-refractivity contribution in [2.75, 3.05) is 0 Å². The number of nitrogens with one attached hydrogen (secondary N) is 1. The maximum absolute atomic E-state index is 13.0. The Hall–Kier alpha value is -4.13. The van der Waals surface area contributed by atoms with Crippen LogP contribution in [0.2, 0.25) is 0 Å². The molecular weight excluding hydrogens is 494 g/mol. The van der Waals surface area contributed by atoms with Gasteiger partial charge in [0, 0.05) is 0 Å². The first-order chi connectivity index (χ1) is 18.7. The third-order valence-corrected chi connectivity index (χ3v) is 6.21. The van der Waals surface area contributed by atoms with Crippen LogP contribution in [0.15, 0.2) is 84.9 Å². The molecule has 0 aliphatic heterocycles. The van der Waals surface area contributed by atoms with Gasteiger partial charge < -0.3 is 19.5 Å². The normalized spacial score (nSPS) is 13.2. The van der Waals surface area contributed by atoms with E-state index in [2.05, 4.69) is 19.2 Å². The van der Waals surface area contributed by atoms with Crippen LogP contribution in [0.25, 0.3) is 0 Å². The van der Waals surface area contributed by atoms with E-state index in [9.17, 15) is 14.4 Å². The van der Waals surface area contributed by atoms with Gasteiger partial charge in [0.2, 0.25) is 0 Å². The maximum Gasteiger partial charge on any atom is 0.408 e. The number of hydrogen-bond acceptors (Lipinski definition) is 6. The quantitative estimate of drug-likeness (QED) is 0.229. The van der Waals surface area contributed by atoms with Gasteiger partial charge in [-0.05, 0) is 48.4 Å². The number of carbonyl (C=O) groups is 3. The number of rotatable bonds is 12. The van der Waals surface area contributed by atoms with Crippen LogP contribution >= 0.6 is 0 Å². The second-order valence-corrected chi connectivity index (χ2v) is 9.98. The minimum Gasteiger partial charge on any atom is -0.459 e. The summed E-state index contributed by atoms with van der Waals surface area (Å²) in [5, 5.41) is 2.52. The van der Waals surface area contributed by atoms with E-state index in [1.165, 1.54) is 5.56 Å². The smallest absolute Gasteiger partial charge is 0.408 e. The summed E-state index contributed by atoms with van der Waals surface area (Å²) < 4.78 is 16.4. The molecule has 39 heavy (non-hydrogen) atoms. The van der Waals surface area contributed by atoms with Crippen molar-refractivity contribution in [2.45, 2.75) is 65.4 Å². The highest BCUT2D eigenvalue weighted by atomic mass is 16.6. The zero-order chi connectivity index (χ0) is 28.2. The van der Waals surface area contributed by atoms with Gasteiger partial charge in [-0.25, -0.2) is 9.59 Å². The van der Waals surface area contributed by atoms with Gasteiger partial charge in [-0.2, -0.15) is 0 Å². The number of benzene rings is 3. The third-order valence-electron chi connectivity index (χ3n) is 6.21. The lowest BCUT2D eigenvalue weighted by molar-refractivity contribution is -0.159. The van der Waals surface area contributed by atoms with Gasteiger partial charge in [0.25, 0.3) is 0 Å². The Kier molecular flexibility index (Phi) is 11.1. The fourth-order valence-electron chi connectivity index (χ4n) is 3.98. The second-order valence-electron chi connectivity index (χ2n) is 9.98. The van der Waals surface area contributed by atoms with Gasteiger partial charge in [-0.3, -0.25) is 4.79 Å². The molecule has 1 amide bonds. The van der Waals surface area contributed by atoms with Gasteiger partial charge in [0.05, 0.1) is 5.92 Å². The number of carbonyl (C=O) groups excluding carboxylic acids is 3. The van der Waals surface area contributed by atoms with Crippen LogP contribution in [0.3, 0.4) is 0 Å². The van der Waals surface area contributed by atoms with Crippen LogP contribution in [-0.4, -0.2) is 30.2 Å². The zero-order valence-corrected chi connectivity index (χ0v) is 23.0. The van der Waals surface area contributed by atoms with E-state index >= 15 is 0 Å². The van der Waals surface area contributed by atoms with Gasteiger partial charge in [-0.1, -0.05) is 98.8 Å². The molecular formula is C32H37NO6. The summed E-state index contributed by atoms with van der Waals surface area (Å²) in [6.45, 7) is 7.64. The Morgan fingerprint density at radius 2 is 1.21 bits per heavy atom. The first kappa shape index (κ1) is 29.4. The van der Waals surface area contributed by atoms with Gasteiger partial charge in [0.1, 0.15) is 19.3 Å². The standard InChI is InChI=1S/C32H37NO6/c1-22(2)19-25-15-17-28(18-16-25)23(3)30(34)39-24(4)29(31(35)37-20-26-11-7-5-8-12-26)33-32(36)38-21-27-13-9-6-10-14-27/h5-18,22-24,29H,19-21H2,1-4H3,(H,33,36)/t23?,24-,29+/m1/s1. The molecule has 0 heterocycles. The van der Waals surface area contributed by atoms with Gasteiger partial charge in [0.15, 0.2) is 6.04 Å². The molecule has 0 aliphatic rings. The first-order valence-corrected chi connectivity index (χ1v) is 13.2. The fraction of sp³-hybridized carbons (Fsp3) is 0.344. The summed E-state index contributed by atoms with van der Waals surface area (Å²) in [4.78, 5) is 38.6. The van der Waals surface area contributed by atoms with Gasteiger partial charge in [-0.15, -0.1) is 0 Å². The van der Waals surface area contributed by atoms with Crippen LogP contribution in [0.1, 0.15) is 55.9 Å². The lowest BCUT2D eigenvalue weighted by atomic mass is 9.97. The highest BCUT2D eigenvalue weighted by Gasteiger charge is 2.33. The molecule has 3 aromatic carbocycles. The summed E-state index contributed by atoms with van der Waals surface area (Å²) in [6.07, 6.45) is -0.875. The van der Waals surface area contributed by atoms with Gasteiger partial charge >= 0.3 is 18.0 Å². The summed E-state index contributed by atoms with van der Waals surface area (Å²) in [7, 11) is 0. The van der Waals surface area contributed by atoms with Crippen LogP contribution in [-0.2, 0) is 43.4 Å². The van der Waals surface area contributed by atoms with Crippen LogP contribution in [0.4, 0.5) is 4.79 Å². The van der Waals surface area contributed by atoms with E-state index in [-0.39, 0.29) is 13.2 Å². The molecule has 0 radical (unpaired) electrons. The van der Waals surface area contributed by atoms with Crippen molar-refractivity contribution in [1.82, 2.24) is 5.32 Å². The maximum atomic E-state index is 13.0. The summed E-state index contributed by atoms with van der Waals surface area (Å²) >= 11 is 0. The van der Waals surface area contributed by atoms with Crippen molar-refractivity contribution in [2.24, 2.45) is 5.92 Å². The zero-order valence-electron chi connectivity index (χ0n) is 23.0. The minimum atomic E-state index is -1.26. The number of esters is 2. The third kappa shape index (κ3) is 9.60. The molecule has 0 saturated carbocycles. The molecule has 0 saturated heterocycles. The highest BCUT2D eigenvalue weighted by molar-refractivity contribution is 5.83. The number of hydrogen-bond donors (Lipinski definition) is 1. The lowest BCUT2D eigenvalue weighted by Gasteiger charge is -2.25. The number of alkyl carbamates (subject to hydrolysis) is 1. The summed E-state index contributed by atoms with van der Waals surface area (Å²) in [5.41, 5.74) is 3.58. The predicted molar refractivity (Wildman–Crippen MR) is 149 cm³/mol. The Bertz CT molecular complexity index is 1190. The van der Waals surface area contributed by atoms with E-state index in [0.717, 1.165) is 23.1 Å². The topological polar surface area (TPSA) is 90.9 Å². The number of ether oxygens (including phenoxy) is 3. The van der Waals surface area contributed by atoms with Crippen molar-refractivity contribution in [3.8, 4) is 0 Å². The predicted octanol–water partition coefficient (Wildman–Crippen LogP) is 5.96. The van der Waals surface area contributed by atoms with Crippen LogP contribution in [0, 0.1) is 5.92 Å². The minimum absolute atomic E-state index is 0.0106. The van der Waals surface area contributed by atoms with Crippen molar-refractivity contribution in [3.63, 3.8) is 0 Å². The highest BCUT2D eigenvalue weighted by Crippen LogP contribution is 2.20. The van der Waals surface area contributed by atoms with Crippen molar-refractivity contribution in [1.29, 1.82) is 0 Å². The van der Waals surface area contributed by atoms with Crippen molar-refractivity contribution in [3.05, 3.63) is 107 Å². The summed E-state index contributed by atoms with van der Waals surface area (Å²) in [6, 6.07) is 24.9. The average Bonchev–Trinajstić information content (AvgIpc) is 2.94. The summed E-state index contributed by atoms with van der Waals surface area (Å²) in [5.74, 6) is -1.28. The molecule has 1 N–H and O–H groups in total. The molecule has 3 aromatic rings. The molecule has 1 unspecified atom stereocenters. The Balaban J connectivity index is 1.65. The molecule has 3 atom stereocenters. The molecule has 3 rings (SSSR count). The van der Waals surface area contributed by atoms with Crippen LogP contribution in [0.5, 0.6) is 0 Å². The Labute approximate surface area is 230 Å². The van der Waals surface area contributed by atoms with E-state index < -0.39 is 36.1 Å². The molecule has 0 spiro atoms. The van der Waals surface area contributed by atoms with E-state index in [1.54, 1.807) is 13.8 Å². The van der Waals surface area contributed by atoms with E-state index in [1.807, 2.05) is 84.9 Å².